The van der Waals surface area contributed by atoms with Gasteiger partial charge in [-0.25, -0.2) is 0 Å². The fraction of sp³-hybridized carbons (Fsp3) is 0.615. The van der Waals surface area contributed by atoms with Gasteiger partial charge in [-0.3, -0.25) is 9.48 Å². The lowest BCUT2D eigenvalue weighted by Crippen LogP contribution is -2.44. The molecule has 2 aliphatic heterocycles. The molecule has 2 atom stereocenters. The Bertz CT molecular complexity index is 646. The predicted molar refractivity (Wildman–Crippen MR) is 73.2 cm³/mol. The number of rotatable bonds is 2. The number of carbonyl (C=O) groups excluding carboxylic acids is 1. The highest BCUT2D eigenvalue weighted by molar-refractivity contribution is 5.99. The molecule has 1 amide bonds. The molecule has 2 fully saturated rings. The molecule has 21 heavy (non-hydrogen) atoms. The van der Waals surface area contributed by atoms with E-state index in [1.165, 1.54) is 6.42 Å². The van der Waals surface area contributed by atoms with E-state index in [1.807, 2.05) is 0 Å². The summed E-state index contributed by atoms with van der Waals surface area (Å²) in [5.74, 6) is 0.456. The number of aryl methyl sites for hydroxylation is 1. The van der Waals surface area contributed by atoms with Gasteiger partial charge in [0.15, 0.2) is 0 Å². The molecular formula is C13H17N7O. The average Bonchev–Trinajstić information content (AvgIpc) is 3.17. The molecule has 2 aliphatic rings. The SMILES string of the molecule is Cn1ncc(-c2nn[nH]n2)c1C(=O)N1C2CCCC1CC2. The van der Waals surface area contributed by atoms with Crippen LogP contribution in [0.2, 0.25) is 0 Å². The number of carbonyl (C=O) groups is 1. The van der Waals surface area contributed by atoms with Crippen molar-refractivity contribution in [1.29, 1.82) is 0 Å². The van der Waals surface area contributed by atoms with Crippen molar-refractivity contribution in [3.63, 3.8) is 0 Å². The second kappa shape index (κ2) is 4.64. The molecule has 2 bridgehead atoms. The molecule has 0 aromatic carbocycles. The third-order valence-electron chi connectivity index (χ3n) is 4.66. The molecule has 8 nitrogen and oxygen atoms in total. The maximum atomic E-state index is 13.0. The third-order valence-corrected chi connectivity index (χ3v) is 4.66. The van der Waals surface area contributed by atoms with Gasteiger partial charge < -0.3 is 4.90 Å². The Morgan fingerprint density at radius 3 is 2.71 bits per heavy atom. The molecule has 2 unspecified atom stereocenters. The largest absolute Gasteiger partial charge is 0.331 e. The first-order valence-electron chi connectivity index (χ1n) is 7.34. The van der Waals surface area contributed by atoms with E-state index >= 15 is 0 Å². The molecule has 0 aliphatic carbocycles. The van der Waals surface area contributed by atoms with Gasteiger partial charge >= 0.3 is 0 Å². The van der Waals surface area contributed by atoms with Crippen LogP contribution in [0.15, 0.2) is 6.20 Å². The number of piperidine rings is 1. The molecule has 1 N–H and O–H groups in total. The van der Waals surface area contributed by atoms with Crippen LogP contribution in [0.3, 0.4) is 0 Å². The van der Waals surface area contributed by atoms with Gasteiger partial charge in [0.1, 0.15) is 5.69 Å². The number of tetrazole rings is 1. The van der Waals surface area contributed by atoms with E-state index < -0.39 is 0 Å². The Kier molecular flexibility index (Phi) is 2.76. The quantitative estimate of drug-likeness (QED) is 0.880. The number of hydrogen-bond donors (Lipinski definition) is 1. The Hall–Kier alpha value is -2.25. The maximum Gasteiger partial charge on any atom is 0.273 e. The van der Waals surface area contributed by atoms with Gasteiger partial charge in [-0.2, -0.15) is 10.3 Å². The fourth-order valence-corrected chi connectivity index (χ4v) is 3.70. The number of aromatic amines is 1. The standard InChI is InChI=1S/C13H17N7O/c1-19-11(10(7-14-19)12-15-17-18-16-12)13(21)20-8-3-2-4-9(20)6-5-8/h7-9H,2-6H2,1H3,(H,15,16,17,18). The summed E-state index contributed by atoms with van der Waals surface area (Å²) in [5.41, 5.74) is 1.19. The number of aromatic nitrogens is 6. The summed E-state index contributed by atoms with van der Waals surface area (Å²) in [6.45, 7) is 0. The molecule has 4 heterocycles. The van der Waals surface area contributed by atoms with Crippen LogP contribution in [-0.4, -0.2) is 53.3 Å². The monoisotopic (exact) mass is 287 g/mol. The van der Waals surface area contributed by atoms with Gasteiger partial charge in [-0.05, 0) is 37.3 Å². The molecule has 0 spiro atoms. The van der Waals surface area contributed by atoms with E-state index in [1.54, 1.807) is 17.9 Å². The van der Waals surface area contributed by atoms with Crippen LogP contribution >= 0.6 is 0 Å². The average molecular weight is 287 g/mol. The molecular weight excluding hydrogens is 270 g/mol. The molecule has 2 aromatic rings. The third kappa shape index (κ3) is 1.85. The number of amides is 1. The summed E-state index contributed by atoms with van der Waals surface area (Å²) >= 11 is 0. The molecule has 8 heteroatoms. The van der Waals surface area contributed by atoms with Crippen molar-refractivity contribution in [2.75, 3.05) is 0 Å². The minimum Gasteiger partial charge on any atom is -0.331 e. The second-order valence-corrected chi connectivity index (χ2v) is 5.79. The Morgan fingerprint density at radius 2 is 2.05 bits per heavy atom. The van der Waals surface area contributed by atoms with Crippen molar-refractivity contribution in [3.8, 4) is 11.4 Å². The molecule has 0 saturated carbocycles. The van der Waals surface area contributed by atoms with Crippen LogP contribution in [-0.2, 0) is 7.05 Å². The minimum atomic E-state index is 0.0435. The summed E-state index contributed by atoms with van der Waals surface area (Å²) in [7, 11) is 1.78. The van der Waals surface area contributed by atoms with E-state index in [0.29, 0.717) is 29.2 Å². The molecule has 2 aromatic heterocycles. The van der Waals surface area contributed by atoms with Gasteiger partial charge in [-0.1, -0.05) is 0 Å². The highest BCUT2D eigenvalue weighted by Crippen LogP contribution is 2.37. The van der Waals surface area contributed by atoms with Crippen LogP contribution in [0.25, 0.3) is 11.4 Å². The van der Waals surface area contributed by atoms with Crippen molar-refractivity contribution in [2.24, 2.45) is 7.05 Å². The smallest absolute Gasteiger partial charge is 0.273 e. The lowest BCUT2D eigenvalue weighted by Gasteiger charge is -2.34. The molecule has 0 radical (unpaired) electrons. The molecule has 4 rings (SSSR count). The summed E-state index contributed by atoms with van der Waals surface area (Å²) in [4.78, 5) is 15.1. The van der Waals surface area contributed by atoms with Crippen molar-refractivity contribution in [3.05, 3.63) is 11.9 Å². The lowest BCUT2D eigenvalue weighted by molar-refractivity contribution is 0.0584. The van der Waals surface area contributed by atoms with Crippen LogP contribution in [0, 0.1) is 0 Å². The fourth-order valence-electron chi connectivity index (χ4n) is 3.70. The first-order valence-corrected chi connectivity index (χ1v) is 7.34. The number of hydrogen-bond acceptors (Lipinski definition) is 5. The number of H-pyrrole nitrogens is 1. The van der Waals surface area contributed by atoms with Gasteiger partial charge in [-0.15, -0.1) is 10.2 Å². The number of fused-ring (bicyclic) bond motifs is 2. The van der Waals surface area contributed by atoms with Gasteiger partial charge in [0, 0.05) is 19.1 Å². The zero-order valence-electron chi connectivity index (χ0n) is 11.9. The summed E-state index contributed by atoms with van der Waals surface area (Å²) in [5, 5.41) is 18.1. The molecule has 110 valence electrons. The predicted octanol–water partition coefficient (Wildman–Crippen LogP) is 0.757. The highest BCUT2D eigenvalue weighted by Gasteiger charge is 2.41. The highest BCUT2D eigenvalue weighted by atomic mass is 16.2. The Labute approximate surface area is 121 Å². The van der Waals surface area contributed by atoms with E-state index in [-0.39, 0.29) is 5.91 Å². The second-order valence-electron chi connectivity index (χ2n) is 5.79. The summed E-state index contributed by atoms with van der Waals surface area (Å²) < 4.78 is 1.61. The molecule has 2 saturated heterocycles. The van der Waals surface area contributed by atoms with E-state index in [9.17, 15) is 4.79 Å². The topological polar surface area (TPSA) is 92.6 Å². The maximum absolute atomic E-state index is 13.0. The Balaban J connectivity index is 1.74. The zero-order valence-corrected chi connectivity index (χ0v) is 11.9. The van der Waals surface area contributed by atoms with Gasteiger partial charge in [0.05, 0.1) is 11.8 Å². The van der Waals surface area contributed by atoms with Crippen LogP contribution in [0.1, 0.15) is 42.6 Å². The van der Waals surface area contributed by atoms with Gasteiger partial charge in [0.2, 0.25) is 5.82 Å². The van der Waals surface area contributed by atoms with Crippen LogP contribution in [0.4, 0.5) is 0 Å². The summed E-state index contributed by atoms with van der Waals surface area (Å²) in [6, 6.07) is 0.758. The van der Waals surface area contributed by atoms with E-state index in [4.69, 9.17) is 0 Å². The van der Waals surface area contributed by atoms with E-state index in [2.05, 4.69) is 30.6 Å². The lowest BCUT2D eigenvalue weighted by atomic mass is 10.0. The minimum absolute atomic E-state index is 0.0435. The van der Waals surface area contributed by atoms with Crippen molar-refractivity contribution in [1.82, 2.24) is 35.3 Å². The zero-order chi connectivity index (χ0) is 14.4. The first-order chi connectivity index (χ1) is 10.3. The first kappa shape index (κ1) is 12.5. The van der Waals surface area contributed by atoms with Crippen LogP contribution < -0.4 is 0 Å². The summed E-state index contributed by atoms with van der Waals surface area (Å²) in [6.07, 6.45) is 7.30. The van der Waals surface area contributed by atoms with Gasteiger partial charge in [0.25, 0.3) is 5.91 Å². The Morgan fingerprint density at radius 1 is 1.29 bits per heavy atom. The van der Waals surface area contributed by atoms with Crippen molar-refractivity contribution < 1.29 is 4.79 Å². The van der Waals surface area contributed by atoms with Crippen LogP contribution in [0.5, 0.6) is 0 Å². The van der Waals surface area contributed by atoms with E-state index in [0.717, 1.165) is 25.7 Å². The number of nitrogens with one attached hydrogen (secondary N) is 1. The van der Waals surface area contributed by atoms with Crippen molar-refractivity contribution in [2.45, 2.75) is 44.2 Å². The number of nitrogens with zero attached hydrogens (tertiary/aromatic N) is 6. The normalized spacial score (nSPS) is 24.5. The van der Waals surface area contributed by atoms with Crippen molar-refractivity contribution >= 4 is 5.91 Å².